The van der Waals surface area contributed by atoms with Crippen LogP contribution in [0.1, 0.15) is 58.0 Å². The molecule has 0 bridgehead atoms. The first-order chi connectivity index (χ1) is 10.0. The van der Waals surface area contributed by atoms with Crippen LogP contribution < -0.4 is 5.32 Å². The fourth-order valence-electron chi connectivity index (χ4n) is 2.87. The number of hydrogen-bond acceptors (Lipinski definition) is 3. The molecule has 0 spiro atoms. The third-order valence-corrected chi connectivity index (χ3v) is 5.33. The number of carbonyl (C=O) groups excluding carboxylic acids is 1. The lowest BCUT2D eigenvalue weighted by Crippen LogP contribution is -2.36. The molecule has 4 heteroatoms. The summed E-state index contributed by atoms with van der Waals surface area (Å²) in [5.41, 5.74) is 0. The van der Waals surface area contributed by atoms with E-state index in [2.05, 4.69) is 55.4 Å². The first-order valence-electron chi connectivity index (χ1n) is 8.14. The normalized spacial score (nSPS) is 24.0. The molecule has 1 fully saturated rings. The summed E-state index contributed by atoms with van der Waals surface area (Å²) in [7, 11) is 0. The Morgan fingerprint density at radius 1 is 1.38 bits per heavy atom. The summed E-state index contributed by atoms with van der Waals surface area (Å²) in [6, 6.07) is 4.17. The lowest BCUT2D eigenvalue weighted by molar-refractivity contribution is -0.131. The van der Waals surface area contributed by atoms with Gasteiger partial charge in [-0.3, -0.25) is 10.1 Å². The van der Waals surface area contributed by atoms with E-state index in [0.717, 1.165) is 19.4 Å². The van der Waals surface area contributed by atoms with E-state index in [1.807, 2.05) is 0 Å². The number of nitrogens with zero attached hydrogens (tertiary/aromatic N) is 1. The van der Waals surface area contributed by atoms with E-state index in [-0.39, 0.29) is 18.1 Å². The van der Waals surface area contributed by atoms with Crippen LogP contribution in [0.4, 0.5) is 0 Å². The van der Waals surface area contributed by atoms with Gasteiger partial charge in [-0.25, -0.2) is 0 Å². The maximum Gasteiger partial charge on any atom is 0.241 e. The predicted octanol–water partition coefficient (Wildman–Crippen LogP) is 4.03. The second kappa shape index (κ2) is 7.41. The largest absolute Gasteiger partial charge is 0.321 e. The van der Waals surface area contributed by atoms with Gasteiger partial charge in [0.2, 0.25) is 5.91 Å². The summed E-state index contributed by atoms with van der Waals surface area (Å²) >= 11 is 1.73. The standard InChI is InChI=1S/C17H28N2OS/c1-5-13(4)15-17(20)19(10-6-8-12(2)3)16(18-15)14-9-7-11-21-14/h7,9,11-13,15-16,18H,5-6,8,10H2,1-4H3. The topological polar surface area (TPSA) is 32.3 Å². The summed E-state index contributed by atoms with van der Waals surface area (Å²) < 4.78 is 0. The van der Waals surface area contributed by atoms with Gasteiger partial charge in [0.25, 0.3) is 0 Å². The van der Waals surface area contributed by atoms with Crippen LogP contribution in [0.3, 0.4) is 0 Å². The third-order valence-electron chi connectivity index (χ3n) is 4.40. The van der Waals surface area contributed by atoms with Crippen LogP contribution in [0.25, 0.3) is 0 Å². The van der Waals surface area contributed by atoms with Gasteiger partial charge < -0.3 is 4.90 Å². The van der Waals surface area contributed by atoms with Crippen LogP contribution in [0.2, 0.25) is 0 Å². The molecule has 2 heterocycles. The molecule has 0 saturated carbocycles. The molecule has 1 amide bonds. The summed E-state index contributed by atoms with van der Waals surface area (Å²) in [6.45, 7) is 9.66. The van der Waals surface area contributed by atoms with E-state index in [1.54, 1.807) is 11.3 Å². The van der Waals surface area contributed by atoms with Gasteiger partial charge in [-0.15, -0.1) is 11.3 Å². The van der Waals surface area contributed by atoms with Crippen molar-refractivity contribution in [3.8, 4) is 0 Å². The Bertz CT molecular complexity index is 444. The quantitative estimate of drug-likeness (QED) is 0.825. The molecule has 0 aromatic carbocycles. The second-order valence-corrected chi connectivity index (χ2v) is 7.49. The minimum atomic E-state index is -0.0267. The number of carbonyl (C=O) groups is 1. The molecular formula is C17H28N2OS. The molecule has 118 valence electrons. The highest BCUT2D eigenvalue weighted by atomic mass is 32.1. The lowest BCUT2D eigenvalue weighted by atomic mass is 9.99. The van der Waals surface area contributed by atoms with Gasteiger partial charge in [0.15, 0.2) is 0 Å². The van der Waals surface area contributed by atoms with Crippen molar-refractivity contribution >= 4 is 17.2 Å². The predicted molar refractivity (Wildman–Crippen MR) is 89.2 cm³/mol. The Morgan fingerprint density at radius 3 is 2.71 bits per heavy atom. The number of amides is 1. The minimum Gasteiger partial charge on any atom is -0.321 e. The van der Waals surface area contributed by atoms with Gasteiger partial charge in [0.1, 0.15) is 6.17 Å². The number of nitrogens with one attached hydrogen (secondary N) is 1. The van der Waals surface area contributed by atoms with Crippen LogP contribution in [0, 0.1) is 11.8 Å². The zero-order valence-electron chi connectivity index (χ0n) is 13.6. The average molecular weight is 308 g/mol. The molecule has 1 N–H and O–H groups in total. The first kappa shape index (κ1) is 16.5. The van der Waals surface area contributed by atoms with Crippen molar-refractivity contribution in [1.29, 1.82) is 0 Å². The SMILES string of the molecule is CCC(C)C1NC(c2cccs2)N(CCCC(C)C)C1=O. The Labute approximate surface area is 132 Å². The third kappa shape index (κ3) is 3.86. The Balaban J connectivity index is 2.10. The van der Waals surface area contributed by atoms with Crippen LogP contribution in [-0.2, 0) is 4.79 Å². The van der Waals surface area contributed by atoms with E-state index in [9.17, 15) is 4.79 Å². The molecule has 21 heavy (non-hydrogen) atoms. The Morgan fingerprint density at radius 2 is 2.14 bits per heavy atom. The molecule has 1 aromatic heterocycles. The van der Waals surface area contributed by atoms with Gasteiger partial charge in [0.05, 0.1) is 6.04 Å². The monoisotopic (exact) mass is 308 g/mol. The molecule has 3 nitrogen and oxygen atoms in total. The Kier molecular flexibility index (Phi) is 5.82. The van der Waals surface area contributed by atoms with Gasteiger partial charge in [0, 0.05) is 11.4 Å². The van der Waals surface area contributed by atoms with Crippen molar-refractivity contribution in [3.63, 3.8) is 0 Å². The maximum atomic E-state index is 12.8. The summed E-state index contributed by atoms with van der Waals surface area (Å²) in [5, 5.41) is 5.66. The van der Waals surface area contributed by atoms with Gasteiger partial charge >= 0.3 is 0 Å². The molecule has 1 aliphatic heterocycles. The summed E-state index contributed by atoms with van der Waals surface area (Å²) in [4.78, 5) is 16.1. The van der Waals surface area contributed by atoms with E-state index in [0.29, 0.717) is 11.8 Å². The number of rotatable bonds is 7. The van der Waals surface area contributed by atoms with E-state index in [4.69, 9.17) is 0 Å². The van der Waals surface area contributed by atoms with Crippen molar-refractivity contribution in [1.82, 2.24) is 10.2 Å². The highest BCUT2D eigenvalue weighted by molar-refractivity contribution is 7.10. The van der Waals surface area contributed by atoms with Crippen LogP contribution >= 0.6 is 11.3 Å². The molecule has 2 rings (SSSR count). The Hall–Kier alpha value is -0.870. The highest BCUT2D eigenvalue weighted by Gasteiger charge is 2.41. The smallest absolute Gasteiger partial charge is 0.241 e. The summed E-state index contributed by atoms with van der Waals surface area (Å²) in [6.07, 6.45) is 3.36. The van der Waals surface area contributed by atoms with Crippen LogP contribution in [0.5, 0.6) is 0 Å². The van der Waals surface area contributed by atoms with Crippen molar-refractivity contribution in [3.05, 3.63) is 22.4 Å². The zero-order valence-corrected chi connectivity index (χ0v) is 14.5. The number of hydrogen-bond donors (Lipinski definition) is 1. The van der Waals surface area contributed by atoms with Gasteiger partial charge in [-0.1, -0.05) is 40.2 Å². The van der Waals surface area contributed by atoms with E-state index in [1.165, 1.54) is 11.3 Å². The number of thiophene rings is 1. The van der Waals surface area contributed by atoms with Gasteiger partial charge in [-0.2, -0.15) is 0 Å². The maximum absolute atomic E-state index is 12.8. The zero-order chi connectivity index (χ0) is 15.4. The molecule has 0 aliphatic carbocycles. The molecule has 1 aromatic rings. The van der Waals surface area contributed by atoms with Gasteiger partial charge in [-0.05, 0) is 36.1 Å². The molecule has 0 radical (unpaired) electrons. The van der Waals surface area contributed by atoms with Crippen molar-refractivity contribution in [2.75, 3.05) is 6.54 Å². The fraction of sp³-hybridized carbons (Fsp3) is 0.706. The van der Waals surface area contributed by atoms with Crippen LogP contribution in [-0.4, -0.2) is 23.4 Å². The molecule has 3 unspecified atom stereocenters. The molecule has 1 saturated heterocycles. The van der Waals surface area contributed by atoms with E-state index >= 15 is 0 Å². The molecule has 3 atom stereocenters. The second-order valence-electron chi connectivity index (χ2n) is 6.52. The average Bonchev–Trinajstić information content (AvgIpc) is 3.07. The van der Waals surface area contributed by atoms with Crippen molar-refractivity contribution < 1.29 is 4.79 Å². The van der Waals surface area contributed by atoms with E-state index < -0.39 is 0 Å². The van der Waals surface area contributed by atoms with Crippen LogP contribution in [0.15, 0.2) is 17.5 Å². The summed E-state index contributed by atoms with van der Waals surface area (Å²) in [5.74, 6) is 1.36. The molecular weight excluding hydrogens is 280 g/mol. The lowest BCUT2D eigenvalue weighted by Gasteiger charge is -2.23. The minimum absolute atomic E-state index is 0.0267. The fourth-order valence-corrected chi connectivity index (χ4v) is 3.67. The van der Waals surface area contributed by atoms with Crippen molar-refractivity contribution in [2.24, 2.45) is 11.8 Å². The highest BCUT2D eigenvalue weighted by Crippen LogP contribution is 2.31. The van der Waals surface area contributed by atoms with Crippen molar-refractivity contribution in [2.45, 2.75) is 59.2 Å². The first-order valence-corrected chi connectivity index (χ1v) is 9.02. The molecule has 1 aliphatic rings.